The first-order valence-electron chi connectivity index (χ1n) is 7.39. The Balaban J connectivity index is 1.77. The number of hydrogen-bond acceptors (Lipinski definition) is 3. The highest BCUT2D eigenvalue weighted by Gasteiger charge is 2.09. The molecule has 0 aliphatic carbocycles. The van der Waals surface area contributed by atoms with E-state index in [1.165, 1.54) is 21.7 Å². The van der Waals surface area contributed by atoms with E-state index in [-0.39, 0.29) is 0 Å². The maximum absolute atomic E-state index is 5.69. The number of hydrogen-bond donors (Lipinski definition) is 2. The first kappa shape index (κ1) is 15.2. The number of thiophene rings is 1. The smallest absolute Gasteiger partial charge is 0.0258 e. The van der Waals surface area contributed by atoms with Crippen molar-refractivity contribution in [1.82, 2.24) is 5.43 Å². The maximum Gasteiger partial charge on any atom is 0.0258 e. The molecule has 0 aliphatic rings. The molecule has 0 fully saturated rings. The number of rotatable bonds is 8. The van der Waals surface area contributed by atoms with Crippen LogP contribution in [0.2, 0.25) is 0 Å². The second-order valence-corrected chi connectivity index (χ2v) is 6.42. The Morgan fingerprint density at radius 2 is 1.85 bits per heavy atom. The Bertz CT molecular complexity index is 493. The van der Waals surface area contributed by atoms with Gasteiger partial charge in [0.25, 0.3) is 0 Å². The van der Waals surface area contributed by atoms with E-state index in [2.05, 4.69) is 54.8 Å². The zero-order chi connectivity index (χ0) is 14.2. The third-order valence-electron chi connectivity index (χ3n) is 3.61. The summed E-state index contributed by atoms with van der Waals surface area (Å²) in [5.41, 5.74) is 4.38. The van der Waals surface area contributed by atoms with Crippen molar-refractivity contribution >= 4 is 11.3 Å². The SMILES string of the molecule is CCc1ccc(CC(CCCc2ccccc2)NN)s1. The molecule has 3 N–H and O–H groups in total. The molecular formula is C17H24N2S. The molecule has 108 valence electrons. The fourth-order valence-electron chi connectivity index (χ4n) is 2.41. The minimum absolute atomic E-state index is 0.377. The molecule has 0 saturated carbocycles. The van der Waals surface area contributed by atoms with Gasteiger partial charge >= 0.3 is 0 Å². The lowest BCUT2D eigenvalue weighted by atomic mass is 10.0. The summed E-state index contributed by atoms with van der Waals surface area (Å²) in [6, 6.07) is 15.5. The van der Waals surface area contributed by atoms with Gasteiger partial charge in [-0.05, 0) is 49.8 Å². The molecule has 1 unspecified atom stereocenters. The van der Waals surface area contributed by atoms with Crippen LogP contribution < -0.4 is 11.3 Å². The average molecular weight is 288 g/mol. The maximum atomic E-state index is 5.69. The van der Waals surface area contributed by atoms with E-state index in [9.17, 15) is 0 Å². The van der Waals surface area contributed by atoms with E-state index >= 15 is 0 Å². The van der Waals surface area contributed by atoms with Gasteiger partial charge in [0, 0.05) is 15.8 Å². The molecule has 3 heteroatoms. The first-order chi connectivity index (χ1) is 9.81. The highest BCUT2D eigenvalue weighted by Crippen LogP contribution is 2.19. The lowest BCUT2D eigenvalue weighted by Gasteiger charge is -2.14. The fraction of sp³-hybridized carbons (Fsp3) is 0.412. The standard InChI is InChI=1S/C17H24N2S/c1-2-16-11-12-17(20-16)13-15(19-18)10-6-9-14-7-4-3-5-8-14/h3-5,7-8,11-12,15,19H,2,6,9-10,13,18H2,1H3. The van der Waals surface area contributed by atoms with Crippen LogP contribution in [0.1, 0.15) is 35.1 Å². The predicted molar refractivity (Wildman–Crippen MR) is 87.9 cm³/mol. The zero-order valence-corrected chi connectivity index (χ0v) is 13.0. The van der Waals surface area contributed by atoms with Crippen molar-refractivity contribution in [1.29, 1.82) is 0 Å². The summed E-state index contributed by atoms with van der Waals surface area (Å²) in [4.78, 5) is 2.89. The number of aryl methyl sites for hydroxylation is 2. The minimum Gasteiger partial charge on any atom is -0.271 e. The van der Waals surface area contributed by atoms with Gasteiger partial charge < -0.3 is 0 Å². The van der Waals surface area contributed by atoms with Gasteiger partial charge in [-0.2, -0.15) is 0 Å². The second kappa shape index (κ2) is 8.20. The van der Waals surface area contributed by atoms with E-state index < -0.39 is 0 Å². The van der Waals surface area contributed by atoms with Gasteiger partial charge in [0.1, 0.15) is 0 Å². The molecule has 20 heavy (non-hydrogen) atoms. The summed E-state index contributed by atoms with van der Waals surface area (Å²) in [5.74, 6) is 5.69. The van der Waals surface area contributed by atoms with Crippen molar-refractivity contribution in [2.75, 3.05) is 0 Å². The summed E-state index contributed by atoms with van der Waals surface area (Å²) in [7, 11) is 0. The summed E-state index contributed by atoms with van der Waals surface area (Å²) in [5, 5.41) is 0. The molecule has 2 nitrogen and oxygen atoms in total. The van der Waals surface area contributed by atoms with Crippen LogP contribution in [0.25, 0.3) is 0 Å². The zero-order valence-electron chi connectivity index (χ0n) is 12.1. The minimum atomic E-state index is 0.377. The van der Waals surface area contributed by atoms with Gasteiger partial charge in [-0.25, -0.2) is 0 Å². The largest absolute Gasteiger partial charge is 0.271 e. The van der Waals surface area contributed by atoms with Crippen LogP contribution in [0.3, 0.4) is 0 Å². The lowest BCUT2D eigenvalue weighted by molar-refractivity contribution is 0.479. The predicted octanol–water partition coefficient (Wildman–Crippen LogP) is 3.71. The third-order valence-corrected chi connectivity index (χ3v) is 4.86. The van der Waals surface area contributed by atoms with Gasteiger partial charge in [0.05, 0.1) is 0 Å². The third kappa shape index (κ3) is 4.75. The Labute approximate surface area is 126 Å². The lowest BCUT2D eigenvalue weighted by Crippen LogP contribution is -2.36. The molecule has 1 atom stereocenters. The van der Waals surface area contributed by atoms with Crippen molar-refractivity contribution in [3.63, 3.8) is 0 Å². The molecule has 1 aromatic carbocycles. The highest BCUT2D eigenvalue weighted by atomic mass is 32.1. The molecule has 2 aromatic rings. The van der Waals surface area contributed by atoms with Crippen molar-refractivity contribution in [3.05, 3.63) is 57.8 Å². The van der Waals surface area contributed by atoms with E-state index in [1.807, 2.05) is 11.3 Å². The highest BCUT2D eigenvalue weighted by molar-refractivity contribution is 7.11. The first-order valence-corrected chi connectivity index (χ1v) is 8.21. The van der Waals surface area contributed by atoms with Crippen molar-refractivity contribution in [3.8, 4) is 0 Å². The molecule has 0 bridgehead atoms. The van der Waals surface area contributed by atoms with Crippen molar-refractivity contribution in [2.45, 2.75) is 45.1 Å². The molecule has 0 aliphatic heterocycles. The van der Waals surface area contributed by atoms with E-state index in [0.717, 1.165) is 25.7 Å². The number of hydrazine groups is 1. The molecule has 2 rings (SSSR count). The summed E-state index contributed by atoms with van der Waals surface area (Å²) in [6.45, 7) is 2.20. The number of nitrogens with two attached hydrogens (primary N) is 1. The Hall–Kier alpha value is -1.16. The van der Waals surface area contributed by atoms with Crippen LogP contribution in [0.15, 0.2) is 42.5 Å². The summed E-state index contributed by atoms with van der Waals surface area (Å²) in [6.07, 6.45) is 5.58. The van der Waals surface area contributed by atoms with Crippen LogP contribution in [-0.4, -0.2) is 6.04 Å². The molecule has 0 spiro atoms. The summed E-state index contributed by atoms with van der Waals surface area (Å²) >= 11 is 1.91. The van der Waals surface area contributed by atoms with Crippen molar-refractivity contribution < 1.29 is 0 Å². The van der Waals surface area contributed by atoms with Gasteiger partial charge in [0.15, 0.2) is 0 Å². The van der Waals surface area contributed by atoms with Crippen LogP contribution in [-0.2, 0) is 19.3 Å². The van der Waals surface area contributed by atoms with Crippen LogP contribution in [0.4, 0.5) is 0 Å². The molecule has 0 saturated heterocycles. The van der Waals surface area contributed by atoms with Crippen LogP contribution in [0.5, 0.6) is 0 Å². The quantitative estimate of drug-likeness (QED) is 0.574. The van der Waals surface area contributed by atoms with E-state index in [4.69, 9.17) is 5.84 Å². The fourth-order valence-corrected chi connectivity index (χ4v) is 3.44. The molecule has 0 radical (unpaired) electrons. The van der Waals surface area contributed by atoms with E-state index in [1.54, 1.807) is 0 Å². The molecule has 0 amide bonds. The Morgan fingerprint density at radius 3 is 2.50 bits per heavy atom. The second-order valence-electron chi connectivity index (χ2n) is 5.17. The summed E-state index contributed by atoms with van der Waals surface area (Å²) < 4.78 is 0. The molecular weight excluding hydrogens is 264 g/mol. The normalized spacial score (nSPS) is 12.5. The number of nitrogens with one attached hydrogen (secondary N) is 1. The topological polar surface area (TPSA) is 38.0 Å². The van der Waals surface area contributed by atoms with Gasteiger partial charge in [-0.3, -0.25) is 11.3 Å². The Kier molecular flexibility index (Phi) is 6.25. The van der Waals surface area contributed by atoms with Crippen LogP contribution >= 0.6 is 11.3 Å². The van der Waals surface area contributed by atoms with Gasteiger partial charge in [0.2, 0.25) is 0 Å². The average Bonchev–Trinajstić information content (AvgIpc) is 2.95. The van der Waals surface area contributed by atoms with Gasteiger partial charge in [-0.15, -0.1) is 11.3 Å². The Morgan fingerprint density at radius 1 is 1.10 bits per heavy atom. The van der Waals surface area contributed by atoms with Crippen molar-refractivity contribution in [2.24, 2.45) is 5.84 Å². The molecule has 1 heterocycles. The van der Waals surface area contributed by atoms with Crippen LogP contribution in [0, 0.1) is 0 Å². The number of benzene rings is 1. The van der Waals surface area contributed by atoms with Gasteiger partial charge in [-0.1, -0.05) is 37.3 Å². The van der Waals surface area contributed by atoms with E-state index in [0.29, 0.717) is 6.04 Å². The monoisotopic (exact) mass is 288 g/mol. The molecule has 1 aromatic heterocycles.